The molecule has 1 atom stereocenters. The van der Waals surface area contributed by atoms with Crippen molar-refractivity contribution in [1.29, 1.82) is 0 Å². The minimum absolute atomic E-state index is 0. The number of aldehydes is 1. The van der Waals surface area contributed by atoms with Crippen LogP contribution in [-0.2, 0) is 4.74 Å². The highest BCUT2D eigenvalue weighted by Gasteiger charge is 2.12. The van der Waals surface area contributed by atoms with Crippen LogP contribution in [0.2, 0.25) is 0 Å². The number of furan rings is 1. The van der Waals surface area contributed by atoms with Gasteiger partial charge < -0.3 is 24.5 Å². The molecule has 1 unspecified atom stereocenters. The number of hydrogen-bond donors (Lipinski definition) is 3. The number of rotatable bonds is 6. The molecular formula is C15H30O6. The Morgan fingerprint density at radius 2 is 1.95 bits per heavy atom. The van der Waals surface area contributed by atoms with Gasteiger partial charge in [-0.3, -0.25) is 4.79 Å². The molecule has 0 saturated carbocycles. The van der Waals surface area contributed by atoms with Crippen molar-refractivity contribution >= 4 is 6.29 Å². The van der Waals surface area contributed by atoms with E-state index >= 15 is 0 Å². The lowest BCUT2D eigenvalue weighted by Gasteiger charge is -2.00. The summed E-state index contributed by atoms with van der Waals surface area (Å²) in [6, 6.07) is 3.27. The molecule has 2 rings (SSSR count). The lowest BCUT2D eigenvalue weighted by molar-refractivity contribution is 0.0591. The van der Waals surface area contributed by atoms with Gasteiger partial charge in [0.25, 0.3) is 0 Å². The fraction of sp³-hybridized carbons (Fsp3) is 0.667. The lowest BCUT2D eigenvalue weighted by atomic mass is 10.2. The van der Waals surface area contributed by atoms with Gasteiger partial charge in [0.05, 0.1) is 19.0 Å². The average Bonchev–Trinajstić information content (AvgIpc) is 3.22. The van der Waals surface area contributed by atoms with Gasteiger partial charge in [0.15, 0.2) is 12.0 Å². The van der Waals surface area contributed by atoms with Crippen LogP contribution in [0.3, 0.4) is 0 Å². The number of unbranched alkanes of at least 4 members (excludes halogenated alkanes) is 2. The smallest absolute Gasteiger partial charge is 0.185 e. The summed E-state index contributed by atoms with van der Waals surface area (Å²) in [5.41, 5.74) is 0. The summed E-state index contributed by atoms with van der Waals surface area (Å²) >= 11 is 0. The molecule has 0 spiro atoms. The highest BCUT2D eigenvalue weighted by atomic mass is 16.5. The van der Waals surface area contributed by atoms with Gasteiger partial charge in [0.1, 0.15) is 0 Å². The van der Waals surface area contributed by atoms with Crippen molar-refractivity contribution in [3.8, 4) is 0 Å². The van der Waals surface area contributed by atoms with Gasteiger partial charge in [0, 0.05) is 22.7 Å². The van der Waals surface area contributed by atoms with Crippen LogP contribution >= 0.6 is 0 Å². The first-order valence-electron chi connectivity index (χ1n) is 7.21. The predicted molar refractivity (Wildman–Crippen MR) is 82.4 cm³/mol. The van der Waals surface area contributed by atoms with E-state index in [1.165, 1.54) is 6.26 Å². The molecule has 1 fully saturated rings. The Hall–Kier alpha value is -1.21. The van der Waals surface area contributed by atoms with Crippen LogP contribution in [0.25, 0.3) is 0 Å². The summed E-state index contributed by atoms with van der Waals surface area (Å²) in [6.45, 7) is 1.53. The fourth-order valence-electron chi connectivity index (χ4n) is 1.55. The molecule has 6 heteroatoms. The van der Waals surface area contributed by atoms with E-state index in [0.717, 1.165) is 38.7 Å². The van der Waals surface area contributed by atoms with Gasteiger partial charge in [-0.2, -0.15) is 0 Å². The minimum Gasteiger partial charge on any atom is -0.462 e. The summed E-state index contributed by atoms with van der Waals surface area (Å²) in [7, 11) is 0. The fourth-order valence-corrected chi connectivity index (χ4v) is 1.55. The number of carbonyl (C=O) groups is 1. The van der Waals surface area contributed by atoms with Crippen LogP contribution in [0.4, 0.5) is 0 Å². The molecule has 1 aliphatic heterocycles. The summed E-state index contributed by atoms with van der Waals surface area (Å²) in [5, 5.41) is 24.9. The number of aliphatic hydroxyl groups is 3. The second-order valence-electron chi connectivity index (χ2n) is 4.46. The van der Waals surface area contributed by atoms with Crippen molar-refractivity contribution < 1.29 is 32.1 Å². The van der Waals surface area contributed by atoms with E-state index < -0.39 is 0 Å². The van der Waals surface area contributed by atoms with Gasteiger partial charge in [-0.15, -0.1) is 0 Å². The molecule has 1 aromatic rings. The Labute approximate surface area is 128 Å². The van der Waals surface area contributed by atoms with Gasteiger partial charge in [-0.25, -0.2) is 0 Å². The number of hydrogen-bond acceptors (Lipinski definition) is 6. The molecule has 1 saturated heterocycles. The monoisotopic (exact) mass is 306 g/mol. The molecule has 1 aliphatic rings. The molecule has 6 nitrogen and oxygen atoms in total. The van der Waals surface area contributed by atoms with Crippen LogP contribution in [0, 0.1) is 0 Å². The first-order valence-corrected chi connectivity index (χ1v) is 7.21. The molecular weight excluding hydrogens is 276 g/mol. The van der Waals surface area contributed by atoms with Crippen LogP contribution in [0.5, 0.6) is 0 Å². The normalized spacial score (nSPS) is 16.4. The molecule has 2 heterocycles. The van der Waals surface area contributed by atoms with Crippen LogP contribution < -0.4 is 0 Å². The van der Waals surface area contributed by atoms with Crippen molar-refractivity contribution in [2.24, 2.45) is 0 Å². The predicted octanol–water partition coefficient (Wildman–Crippen LogP) is 1.88. The van der Waals surface area contributed by atoms with Gasteiger partial charge in [-0.05, 0) is 44.2 Å². The summed E-state index contributed by atoms with van der Waals surface area (Å²) in [6.07, 6.45) is 7.01. The van der Waals surface area contributed by atoms with Crippen molar-refractivity contribution in [2.45, 2.75) is 38.2 Å². The maximum Gasteiger partial charge on any atom is 0.185 e. The maximum atomic E-state index is 9.77. The van der Waals surface area contributed by atoms with E-state index in [0.29, 0.717) is 12.0 Å². The summed E-state index contributed by atoms with van der Waals surface area (Å²) < 4.78 is 9.67. The molecule has 3 N–H and O–H groups in total. The summed E-state index contributed by atoms with van der Waals surface area (Å²) in [5.74, 6) is 0.375. The molecule has 126 valence electrons. The van der Waals surface area contributed by atoms with Crippen LogP contribution in [0.15, 0.2) is 22.8 Å². The van der Waals surface area contributed by atoms with E-state index in [9.17, 15) is 4.79 Å². The molecule has 0 aromatic carbocycles. The first-order chi connectivity index (χ1) is 10.3. The molecule has 21 heavy (non-hydrogen) atoms. The quantitative estimate of drug-likeness (QED) is 0.548. The van der Waals surface area contributed by atoms with Crippen LogP contribution in [0.1, 0.15) is 45.5 Å². The lowest BCUT2D eigenvalue weighted by Crippen LogP contribution is -2.09. The van der Waals surface area contributed by atoms with E-state index in [-0.39, 0.29) is 28.8 Å². The Bertz CT molecular complexity index is 312. The second-order valence-corrected chi connectivity index (χ2v) is 4.46. The number of ether oxygens (including phenoxy) is 1. The highest BCUT2D eigenvalue weighted by molar-refractivity contribution is 5.69. The first kappa shape index (κ1) is 19.8. The van der Waals surface area contributed by atoms with Crippen molar-refractivity contribution in [1.82, 2.24) is 0 Å². The zero-order valence-electron chi connectivity index (χ0n) is 12.3. The van der Waals surface area contributed by atoms with E-state index in [4.69, 9.17) is 20.1 Å². The molecule has 1 aromatic heterocycles. The average molecular weight is 306 g/mol. The molecule has 0 amide bonds. The van der Waals surface area contributed by atoms with Crippen LogP contribution in [-0.4, -0.2) is 54.1 Å². The van der Waals surface area contributed by atoms with E-state index in [2.05, 4.69) is 4.42 Å². The van der Waals surface area contributed by atoms with E-state index in [1.807, 2.05) is 0 Å². The van der Waals surface area contributed by atoms with Crippen molar-refractivity contribution in [3.63, 3.8) is 0 Å². The molecule has 0 bridgehead atoms. The molecule has 0 aliphatic carbocycles. The second kappa shape index (κ2) is 15.2. The maximum absolute atomic E-state index is 9.77. The number of carbonyl (C=O) groups excluding carboxylic acids is 1. The highest BCUT2D eigenvalue weighted by Crippen LogP contribution is 2.09. The third-order valence-corrected chi connectivity index (χ3v) is 2.70. The van der Waals surface area contributed by atoms with Gasteiger partial charge >= 0.3 is 0 Å². The molecule has 0 radical (unpaired) electrons. The Balaban J connectivity index is -0.000000250. The third-order valence-electron chi connectivity index (χ3n) is 2.70. The Morgan fingerprint density at radius 3 is 2.24 bits per heavy atom. The Morgan fingerprint density at radius 1 is 1.24 bits per heavy atom. The zero-order valence-corrected chi connectivity index (χ0v) is 12.3. The van der Waals surface area contributed by atoms with Gasteiger partial charge in [0.2, 0.25) is 0 Å². The van der Waals surface area contributed by atoms with E-state index in [1.54, 1.807) is 12.1 Å². The zero-order chi connectivity index (χ0) is 15.8. The standard InChI is InChI=1S/C5H10O2.C5H4O2.C5H12O2.2H2/c2*6-4-5-2-1-3-7-5;6-4-2-1-3-5-7;;/h5-6H,1-4H2;1-4H;6-7H,1-5H2;2*1H. The number of aliphatic hydroxyl groups excluding tert-OH is 3. The third kappa shape index (κ3) is 12.3. The van der Waals surface area contributed by atoms with Gasteiger partial charge in [-0.1, -0.05) is 0 Å². The SMILES string of the molecule is O=Cc1ccco1.OCC1CCCO1.OCCCCCO.[HH].[HH]. The topological polar surface area (TPSA) is 100 Å². The Kier molecular flexibility index (Phi) is 14.3. The van der Waals surface area contributed by atoms with Crippen molar-refractivity contribution in [3.05, 3.63) is 24.2 Å². The van der Waals surface area contributed by atoms with Crippen molar-refractivity contribution in [2.75, 3.05) is 26.4 Å². The summed E-state index contributed by atoms with van der Waals surface area (Å²) in [4.78, 5) is 9.77. The minimum atomic E-state index is 0. The largest absolute Gasteiger partial charge is 0.462 e.